The average Bonchev–Trinajstić information content (AvgIpc) is 2.18. The van der Waals surface area contributed by atoms with Crippen LogP contribution in [0.5, 0.6) is 0 Å². The third kappa shape index (κ3) is 3.05. The fraction of sp³-hybridized carbons (Fsp3) is 0.250. The van der Waals surface area contributed by atoms with Gasteiger partial charge in [-0.15, -0.1) is 6.58 Å². The van der Waals surface area contributed by atoms with E-state index in [1.165, 1.54) is 11.8 Å². The monoisotopic (exact) mass is 188 g/mol. The Morgan fingerprint density at radius 2 is 2.21 bits per heavy atom. The predicted octanol–water partition coefficient (Wildman–Crippen LogP) is 3.06. The predicted molar refractivity (Wildman–Crippen MR) is 62.2 cm³/mol. The second-order valence-electron chi connectivity index (χ2n) is 3.37. The highest BCUT2D eigenvalue weighted by molar-refractivity contribution is 5.85. The summed E-state index contributed by atoms with van der Waals surface area (Å²) in [4.78, 5) is 0. The molecule has 0 atom stereocenters. The van der Waals surface area contributed by atoms with Crippen LogP contribution in [0.1, 0.15) is 18.9 Å². The Morgan fingerprint density at radius 3 is 2.86 bits per heavy atom. The Morgan fingerprint density at radius 1 is 1.50 bits per heavy atom. The first-order valence-corrected chi connectivity index (χ1v) is 4.72. The molecule has 0 amide bonds. The maximum atomic E-state index is 7.22. The van der Waals surface area contributed by atoms with E-state index in [1.807, 2.05) is 31.2 Å². The van der Waals surface area contributed by atoms with Gasteiger partial charge in [-0.05, 0) is 19.4 Å². The lowest BCUT2D eigenvalue weighted by Crippen LogP contribution is -2.03. The summed E-state index contributed by atoms with van der Waals surface area (Å²) in [5.41, 5.74) is 3.11. The SMILES string of the molecule is C=C(C)CCNc1ccccc1C=N. The van der Waals surface area contributed by atoms with Crippen LogP contribution in [-0.2, 0) is 0 Å². The molecular formula is C12H16N2. The van der Waals surface area contributed by atoms with Crippen LogP contribution in [0.2, 0.25) is 0 Å². The first-order valence-electron chi connectivity index (χ1n) is 4.72. The van der Waals surface area contributed by atoms with Crippen LogP contribution < -0.4 is 5.32 Å². The molecule has 0 aromatic heterocycles. The van der Waals surface area contributed by atoms with Crippen LogP contribution in [0.25, 0.3) is 0 Å². The molecule has 0 bridgehead atoms. The van der Waals surface area contributed by atoms with Gasteiger partial charge in [0.15, 0.2) is 0 Å². The summed E-state index contributed by atoms with van der Waals surface area (Å²) >= 11 is 0. The zero-order valence-electron chi connectivity index (χ0n) is 8.51. The molecule has 1 rings (SSSR count). The van der Waals surface area contributed by atoms with Gasteiger partial charge in [-0.3, -0.25) is 0 Å². The standard InChI is InChI=1S/C12H16N2/c1-10(2)7-8-14-12-6-4-3-5-11(12)9-13/h3-6,9,13-14H,1,7-8H2,2H3. The number of benzene rings is 1. The van der Waals surface area contributed by atoms with Gasteiger partial charge >= 0.3 is 0 Å². The van der Waals surface area contributed by atoms with Gasteiger partial charge < -0.3 is 10.7 Å². The molecule has 0 spiro atoms. The third-order valence-corrected chi connectivity index (χ3v) is 1.98. The first kappa shape index (κ1) is 10.5. The van der Waals surface area contributed by atoms with Crippen molar-refractivity contribution in [3.8, 4) is 0 Å². The topological polar surface area (TPSA) is 35.9 Å². The number of para-hydroxylation sites is 1. The van der Waals surface area contributed by atoms with Crippen molar-refractivity contribution in [2.45, 2.75) is 13.3 Å². The number of anilines is 1. The zero-order chi connectivity index (χ0) is 10.4. The lowest BCUT2D eigenvalue weighted by Gasteiger charge is -2.08. The third-order valence-electron chi connectivity index (χ3n) is 1.98. The Balaban J connectivity index is 2.57. The molecule has 0 aliphatic heterocycles. The molecule has 14 heavy (non-hydrogen) atoms. The molecule has 74 valence electrons. The summed E-state index contributed by atoms with van der Waals surface area (Å²) in [5, 5.41) is 10.5. The summed E-state index contributed by atoms with van der Waals surface area (Å²) in [6.45, 7) is 6.74. The van der Waals surface area contributed by atoms with Crippen LogP contribution in [0.3, 0.4) is 0 Å². The second-order valence-corrected chi connectivity index (χ2v) is 3.37. The molecular weight excluding hydrogens is 172 g/mol. The van der Waals surface area contributed by atoms with E-state index in [9.17, 15) is 0 Å². The van der Waals surface area contributed by atoms with Crippen molar-refractivity contribution in [1.29, 1.82) is 5.41 Å². The average molecular weight is 188 g/mol. The minimum atomic E-state index is 0.875. The van der Waals surface area contributed by atoms with E-state index in [4.69, 9.17) is 5.41 Å². The first-order chi connectivity index (χ1) is 6.74. The van der Waals surface area contributed by atoms with Gasteiger partial charge in [0.25, 0.3) is 0 Å². The smallest absolute Gasteiger partial charge is 0.0429 e. The normalized spacial score (nSPS) is 9.50. The molecule has 0 aliphatic rings. The highest BCUT2D eigenvalue weighted by atomic mass is 14.9. The molecule has 0 radical (unpaired) electrons. The van der Waals surface area contributed by atoms with Gasteiger partial charge in [-0.25, -0.2) is 0 Å². The molecule has 0 aliphatic carbocycles. The van der Waals surface area contributed by atoms with Gasteiger partial charge in [0, 0.05) is 24.0 Å². The van der Waals surface area contributed by atoms with Crippen molar-refractivity contribution in [2.24, 2.45) is 0 Å². The van der Waals surface area contributed by atoms with Gasteiger partial charge in [0.2, 0.25) is 0 Å². The summed E-state index contributed by atoms with van der Waals surface area (Å²) in [6, 6.07) is 7.81. The molecule has 2 nitrogen and oxygen atoms in total. The van der Waals surface area contributed by atoms with Crippen LogP contribution in [-0.4, -0.2) is 12.8 Å². The van der Waals surface area contributed by atoms with E-state index >= 15 is 0 Å². The molecule has 0 unspecified atom stereocenters. The maximum Gasteiger partial charge on any atom is 0.0429 e. The Hall–Kier alpha value is -1.57. The summed E-state index contributed by atoms with van der Waals surface area (Å²) in [7, 11) is 0. The van der Waals surface area contributed by atoms with E-state index in [1.54, 1.807) is 0 Å². The fourth-order valence-corrected chi connectivity index (χ4v) is 1.19. The van der Waals surface area contributed by atoms with Gasteiger partial charge in [-0.2, -0.15) is 0 Å². The Bertz CT molecular complexity index is 329. The largest absolute Gasteiger partial charge is 0.384 e. The van der Waals surface area contributed by atoms with Crippen LogP contribution in [0.15, 0.2) is 36.4 Å². The minimum Gasteiger partial charge on any atom is -0.384 e. The fourth-order valence-electron chi connectivity index (χ4n) is 1.19. The number of rotatable bonds is 5. The van der Waals surface area contributed by atoms with Crippen LogP contribution >= 0.6 is 0 Å². The Labute approximate surface area is 85.2 Å². The van der Waals surface area contributed by atoms with E-state index in [0.717, 1.165) is 24.2 Å². The van der Waals surface area contributed by atoms with Crippen molar-refractivity contribution in [2.75, 3.05) is 11.9 Å². The quantitative estimate of drug-likeness (QED) is 0.540. The van der Waals surface area contributed by atoms with Crippen LogP contribution in [0.4, 0.5) is 5.69 Å². The van der Waals surface area contributed by atoms with Crippen molar-refractivity contribution < 1.29 is 0 Å². The van der Waals surface area contributed by atoms with Crippen molar-refractivity contribution in [3.63, 3.8) is 0 Å². The molecule has 2 heteroatoms. The highest BCUT2D eigenvalue weighted by Crippen LogP contribution is 2.12. The number of hydrogen-bond donors (Lipinski definition) is 2. The van der Waals surface area contributed by atoms with Crippen molar-refractivity contribution >= 4 is 11.9 Å². The zero-order valence-corrected chi connectivity index (χ0v) is 8.51. The molecule has 0 saturated carbocycles. The molecule has 0 heterocycles. The van der Waals surface area contributed by atoms with E-state index in [0.29, 0.717) is 0 Å². The molecule has 0 fully saturated rings. The Kier molecular flexibility index (Phi) is 3.92. The number of hydrogen-bond acceptors (Lipinski definition) is 2. The van der Waals surface area contributed by atoms with E-state index in [-0.39, 0.29) is 0 Å². The lowest BCUT2D eigenvalue weighted by atomic mass is 10.2. The van der Waals surface area contributed by atoms with E-state index in [2.05, 4.69) is 11.9 Å². The van der Waals surface area contributed by atoms with Gasteiger partial charge in [-0.1, -0.05) is 23.8 Å². The minimum absolute atomic E-state index is 0.875. The lowest BCUT2D eigenvalue weighted by molar-refractivity contribution is 1.00. The highest BCUT2D eigenvalue weighted by Gasteiger charge is 1.96. The second kappa shape index (κ2) is 5.22. The molecule has 1 aromatic rings. The summed E-state index contributed by atoms with van der Waals surface area (Å²) in [5.74, 6) is 0. The summed E-state index contributed by atoms with van der Waals surface area (Å²) < 4.78 is 0. The summed E-state index contributed by atoms with van der Waals surface area (Å²) in [6.07, 6.45) is 2.33. The van der Waals surface area contributed by atoms with Gasteiger partial charge in [0.1, 0.15) is 0 Å². The molecule has 1 aromatic carbocycles. The van der Waals surface area contributed by atoms with Crippen LogP contribution in [0, 0.1) is 5.41 Å². The maximum absolute atomic E-state index is 7.22. The molecule has 0 saturated heterocycles. The number of nitrogens with one attached hydrogen (secondary N) is 2. The molecule has 2 N–H and O–H groups in total. The van der Waals surface area contributed by atoms with Crippen molar-refractivity contribution in [1.82, 2.24) is 0 Å². The van der Waals surface area contributed by atoms with Gasteiger partial charge in [0.05, 0.1) is 0 Å². The van der Waals surface area contributed by atoms with E-state index < -0.39 is 0 Å². The van der Waals surface area contributed by atoms with Crippen molar-refractivity contribution in [3.05, 3.63) is 42.0 Å².